The molecule has 1 aromatic rings. The molecule has 1 N–H and O–H groups in total. The van der Waals surface area contributed by atoms with Gasteiger partial charge in [-0.15, -0.1) is 13.2 Å². The number of rotatable bonds is 15. The van der Waals surface area contributed by atoms with Crippen LogP contribution in [0.2, 0.25) is 0 Å². The molecule has 3 aliphatic rings. The van der Waals surface area contributed by atoms with Crippen LogP contribution in [-0.4, -0.2) is 78.4 Å². The number of carbonyl (C=O) groups is 3. The maximum absolute atomic E-state index is 14.6. The van der Waals surface area contributed by atoms with Crippen molar-refractivity contribution in [3.63, 3.8) is 0 Å². The van der Waals surface area contributed by atoms with Gasteiger partial charge in [-0.1, -0.05) is 32.4 Å². The lowest BCUT2D eigenvalue weighted by Crippen LogP contribution is -2.60. The largest absolute Gasteiger partial charge is 0.497 e. The molecule has 2 unspecified atom stereocenters. The third-order valence-electron chi connectivity index (χ3n) is 9.10. The highest BCUT2D eigenvalue weighted by molar-refractivity contribution is 6.04. The SMILES string of the molecule is C=CCCCCOC(=O)[C@@H]1[C@H]2C(=O)N([C@@H](CO)[C@@H](C)CC)C(C(=O)N(CC=C)c3ccc(OC)cc3)C23CC[C@H]1O3. The Morgan fingerprint density at radius 3 is 2.59 bits per heavy atom. The minimum atomic E-state index is -1.18. The Kier molecular flexibility index (Phi) is 9.92. The Labute approximate surface area is 243 Å². The smallest absolute Gasteiger partial charge is 0.312 e. The molecule has 1 aromatic carbocycles. The van der Waals surface area contributed by atoms with Crippen molar-refractivity contribution >= 4 is 23.5 Å². The Morgan fingerprint density at radius 2 is 1.98 bits per heavy atom. The van der Waals surface area contributed by atoms with Gasteiger partial charge in [0, 0.05) is 12.2 Å². The van der Waals surface area contributed by atoms with Crippen LogP contribution in [0.25, 0.3) is 0 Å². The van der Waals surface area contributed by atoms with Crippen molar-refractivity contribution in [1.29, 1.82) is 0 Å². The summed E-state index contributed by atoms with van der Waals surface area (Å²) >= 11 is 0. The summed E-state index contributed by atoms with van der Waals surface area (Å²) in [4.78, 5) is 45.5. The molecule has 1 spiro atoms. The molecule has 2 amide bonds. The first-order chi connectivity index (χ1) is 19.8. The average Bonchev–Trinajstić information content (AvgIpc) is 3.63. The molecule has 224 valence electrons. The predicted molar refractivity (Wildman–Crippen MR) is 155 cm³/mol. The van der Waals surface area contributed by atoms with Crippen LogP contribution in [0.15, 0.2) is 49.6 Å². The third-order valence-corrected chi connectivity index (χ3v) is 9.10. The van der Waals surface area contributed by atoms with Crippen LogP contribution in [0.5, 0.6) is 5.75 Å². The van der Waals surface area contributed by atoms with Crippen molar-refractivity contribution < 1.29 is 33.7 Å². The maximum Gasteiger partial charge on any atom is 0.312 e. The normalized spacial score (nSPS) is 27.7. The van der Waals surface area contributed by atoms with Crippen molar-refractivity contribution in [2.75, 3.05) is 31.8 Å². The van der Waals surface area contributed by atoms with Crippen LogP contribution >= 0.6 is 0 Å². The Morgan fingerprint density at radius 1 is 1.24 bits per heavy atom. The first kappa shape index (κ1) is 30.8. The molecule has 2 bridgehead atoms. The van der Waals surface area contributed by atoms with Crippen LogP contribution in [0.3, 0.4) is 0 Å². The molecular weight excluding hydrogens is 524 g/mol. The maximum atomic E-state index is 14.6. The second-order valence-electron chi connectivity index (χ2n) is 11.3. The Balaban J connectivity index is 1.72. The monoisotopic (exact) mass is 568 g/mol. The van der Waals surface area contributed by atoms with Gasteiger partial charge in [-0.2, -0.15) is 0 Å². The van der Waals surface area contributed by atoms with Crippen LogP contribution in [-0.2, 0) is 23.9 Å². The van der Waals surface area contributed by atoms with Crippen molar-refractivity contribution in [3.8, 4) is 5.75 Å². The number of benzene rings is 1. The van der Waals surface area contributed by atoms with Crippen LogP contribution in [0.1, 0.15) is 52.4 Å². The van der Waals surface area contributed by atoms with Gasteiger partial charge < -0.3 is 29.1 Å². The van der Waals surface area contributed by atoms with Crippen LogP contribution in [0, 0.1) is 17.8 Å². The lowest BCUT2D eigenvalue weighted by molar-refractivity contribution is -0.156. The number of esters is 1. The summed E-state index contributed by atoms with van der Waals surface area (Å²) in [7, 11) is 1.57. The lowest BCUT2D eigenvalue weighted by Gasteiger charge is -2.40. The van der Waals surface area contributed by atoms with Gasteiger partial charge >= 0.3 is 5.97 Å². The van der Waals surface area contributed by atoms with E-state index < -0.39 is 41.6 Å². The van der Waals surface area contributed by atoms with Gasteiger partial charge in [0.15, 0.2) is 0 Å². The zero-order valence-corrected chi connectivity index (χ0v) is 24.5. The number of hydrogen-bond donors (Lipinski definition) is 1. The number of anilines is 1. The van der Waals surface area contributed by atoms with Crippen molar-refractivity contribution in [1.82, 2.24) is 4.90 Å². The minimum absolute atomic E-state index is 0.0872. The number of ether oxygens (including phenoxy) is 3. The van der Waals surface area contributed by atoms with E-state index >= 15 is 0 Å². The average molecular weight is 569 g/mol. The van der Waals surface area contributed by atoms with Gasteiger partial charge in [-0.05, 0) is 62.3 Å². The highest BCUT2D eigenvalue weighted by Crippen LogP contribution is 2.59. The molecule has 3 fully saturated rings. The minimum Gasteiger partial charge on any atom is -0.497 e. The van der Waals surface area contributed by atoms with E-state index in [4.69, 9.17) is 14.2 Å². The van der Waals surface area contributed by atoms with Crippen molar-refractivity contribution in [3.05, 3.63) is 49.6 Å². The summed E-state index contributed by atoms with van der Waals surface area (Å²) in [5.41, 5.74) is -0.562. The summed E-state index contributed by atoms with van der Waals surface area (Å²) in [6, 6.07) is 5.49. The number of carbonyl (C=O) groups excluding carboxylic acids is 3. The summed E-state index contributed by atoms with van der Waals surface area (Å²) in [6.45, 7) is 11.7. The second kappa shape index (κ2) is 13.2. The number of unbranched alkanes of at least 4 members (excludes halogenated alkanes) is 2. The van der Waals surface area contributed by atoms with E-state index in [-0.39, 0.29) is 37.5 Å². The summed E-state index contributed by atoms with van der Waals surface area (Å²) in [6.07, 6.45) is 7.08. The summed E-state index contributed by atoms with van der Waals surface area (Å²) in [5, 5.41) is 10.5. The fourth-order valence-corrected chi connectivity index (χ4v) is 6.83. The molecule has 9 heteroatoms. The molecular formula is C32H44N2O7. The Hall–Kier alpha value is -3.17. The van der Waals surface area contributed by atoms with Gasteiger partial charge in [0.1, 0.15) is 17.4 Å². The zero-order valence-electron chi connectivity index (χ0n) is 24.5. The fraction of sp³-hybridized carbons (Fsp3) is 0.594. The highest BCUT2D eigenvalue weighted by atomic mass is 16.6. The van der Waals surface area contributed by atoms with Gasteiger partial charge in [-0.3, -0.25) is 14.4 Å². The van der Waals surface area contributed by atoms with Gasteiger partial charge in [0.25, 0.3) is 5.91 Å². The molecule has 3 heterocycles. The number of likely N-dealkylation sites (tertiary alicyclic amines) is 1. The standard InChI is InChI=1S/C32H44N2O7/c1-6-9-10-11-19-40-31(38)26-25-16-17-32(41-25)27(26)29(36)34(24(20-35)21(4)8-3)28(32)30(37)33(18-7-2)22-12-14-23(39-5)15-13-22/h6-7,12-15,21,24-28,35H,1-2,8-11,16-20H2,3-5H3/t21-,24-,25+,26-,27-,28?,32?/m0/s1. The number of aliphatic hydroxyl groups is 1. The Bertz CT molecular complexity index is 1120. The molecule has 7 atom stereocenters. The van der Waals surface area contributed by atoms with Crippen molar-refractivity contribution in [2.24, 2.45) is 17.8 Å². The number of amides is 2. The summed E-state index contributed by atoms with van der Waals surface area (Å²) in [5.74, 6) is -2.19. The lowest BCUT2D eigenvalue weighted by atomic mass is 9.70. The van der Waals surface area contributed by atoms with E-state index in [1.165, 1.54) is 4.90 Å². The molecule has 0 aromatic heterocycles. The van der Waals surface area contributed by atoms with Crippen LogP contribution in [0.4, 0.5) is 5.69 Å². The van der Waals surface area contributed by atoms with E-state index in [1.54, 1.807) is 42.4 Å². The molecule has 3 saturated heterocycles. The van der Waals surface area contributed by atoms with E-state index in [0.717, 1.165) is 12.8 Å². The van der Waals surface area contributed by atoms with E-state index in [1.807, 2.05) is 19.9 Å². The number of nitrogens with zero attached hydrogens (tertiary/aromatic N) is 2. The highest BCUT2D eigenvalue weighted by Gasteiger charge is 2.75. The van der Waals surface area contributed by atoms with E-state index in [0.29, 0.717) is 37.1 Å². The van der Waals surface area contributed by atoms with Crippen molar-refractivity contribution in [2.45, 2.75) is 76.2 Å². The molecule has 0 aliphatic carbocycles. The quantitative estimate of drug-likeness (QED) is 0.194. The molecule has 0 radical (unpaired) electrons. The molecule has 9 nitrogen and oxygen atoms in total. The first-order valence-electron chi connectivity index (χ1n) is 14.7. The fourth-order valence-electron chi connectivity index (χ4n) is 6.83. The summed E-state index contributed by atoms with van der Waals surface area (Å²) < 4.78 is 17.5. The number of aliphatic hydroxyl groups excluding tert-OH is 1. The molecule has 3 aliphatic heterocycles. The van der Waals surface area contributed by atoms with Gasteiger partial charge in [0.05, 0.1) is 44.3 Å². The predicted octanol–water partition coefficient (Wildman–Crippen LogP) is 3.90. The molecule has 41 heavy (non-hydrogen) atoms. The topological polar surface area (TPSA) is 106 Å². The number of allylic oxidation sites excluding steroid dienone is 1. The number of hydrogen-bond acceptors (Lipinski definition) is 7. The molecule has 4 rings (SSSR count). The van der Waals surface area contributed by atoms with Crippen LogP contribution < -0.4 is 9.64 Å². The van der Waals surface area contributed by atoms with E-state index in [2.05, 4.69) is 13.2 Å². The van der Waals surface area contributed by atoms with Gasteiger partial charge in [-0.25, -0.2) is 0 Å². The zero-order chi connectivity index (χ0) is 29.7. The molecule has 0 saturated carbocycles. The number of methoxy groups -OCH3 is 1. The second-order valence-corrected chi connectivity index (χ2v) is 11.3. The first-order valence-corrected chi connectivity index (χ1v) is 14.7. The number of fused-ring (bicyclic) bond motifs is 1. The van der Waals surface area contributed by atoms with Gasteiger partial charge in [0.2, 0.25) is 5.91 Å². The van der Waals surface area contributed by atoms with E-state index in [9.17, 15) is 19.5 Å². The third kappa shape index (κ3) is 5.54.